The number of esters is 1. The monoisotopic (exact) mass is 627 g/mol. The lowest BCUT2D eigenvalue weighted by Gasteiger charge is -2.37. The molecule has 0 bridgehead atoms. The third-order valence-corrected chi connectivity index (χ3v) is 6.58. The molecule has 14 heteroatoms. The van der Waals surface area contributed by atoms with Crippen molar-refractivity contribution in [2.24, 2.45) is 5.92 Å². The van der Waals surface area contributed by atoms with Gasteiger partial charge in [-0.1, -0.05) is 13.8 Å². The second-order valence-electron chi connectivity index (χ2n) is 10.4. The zero-order valence-corrected chi connectivity index (χ0v) is 24.8. The summed E-state index contributed by atoms with van der Waals surface area (Å²) in [5, 5.41) is 2.29. The lowest BCUT2D eigenvalue weighted by Crippen LogP contribution is -2.60. The number of hydrogen-bond acceptors (Lipinski definition) is 6. The van der Waals surface area contributed by atoms with Crippen molar-refractivity contribution in [1.29, 1.82) is 0 Å². The normalized spacial score (nSPS) is 13.1. The van der Waals surface area contributed by atoms with Crippen LogP contribution in [0.3, 0.4) is 0 Å². The van der Waals surface area contributed by atoms with E-state index in [-0.39, 0.29) is 11.1 Å². The molecule has 0 aliphatic carbocycles. The number of carbonyl (C=O) groups is 5. The van der Waals surface area contributed by atoms with Gasteiger partial charge < -0.3 is 15.0 Å². The smallest absolute Gasteiger partial charge is 0.328 e. The molecule has 240 valence electrons. The Bertz CT molecular complexity index is 1350. The SMILES string of the molecule is COC(=O)[C@H](C(C)C)N(CCF)C(=O)[C@H](C)N(C(=O)Cc1cc(F)cc(F)c1)C(=O)[C@H](C)NC(=O)Cc1cc(F)cc(F)c1. The molecule has 0 radical (unpaired) electrons. The predicted molar refractivity (Wildman–Crippen MR) is 147 cm³/mol. The lowest BCUT2D eigenvalue weighted by atomic mass is 10.0. The molecule has 0 aliphatic heterocycles. The van der Waals surface area contributed by atoms with Gasteiger partial charge in [-0.05, 0) is 55.2 Å². The number of methoxy groups -OCH3 is 1. The Morgan fingerprint density at radius 2 is 1.25 bits per heavy atom. The van der Waals surface area contributed by atoms with Gasteiger partial charge in [0.1, 0.15) is 48.1 Å². The molecule has 0 spiro atoms. The van der Waals surface area contributed by atoms with E-state index < -0.39 is 103 Å². The number of halogens is 5. The number of nitrogens with one attached hydrogen (secondary N) is 1. The topological polar surface area (TPSA) is 113 Å². The first-order valence-corrected chi connectivity index (χ1v) is 13.6. The van der Waals surface area contributed by atoms with Gasteiger partial charge >= 0.3 is 5.97 Å². The number of amides is 4. The highest BCUT2D eigenvalue weighted by molar-refractivity contribution is 6.04. The molecule has 2 aromatic rings. The van der Waals surface area contributed by atoms with E-state index in [1.807, 2.05) is 0 Å². The third kappa shape index (κ3) is 9.58. The Labute approximate surface area is 251 Å². The lowest BCUT2D eigenvalue weighted by molar-refractivity contribution is -0.161. The molecule has 1 N–H and O–H groups in total. The molecule has 44 heavy (non-hydrogen) atoms. The van der Waals surface area contributed by atoms with E-state index in [1.165, 1.54) is 6.92 Å². The number of ether oxygens (including phenoxy) is 1. The minimum Gasteiger partial charge on any atom is -0.467 e. The van der Waals surface area contributed by atoms with Crippen LogP contribution in [0, 0.1) is 29.2 Å². The van der Waals surface area contributed by atoms with E-state index in [4.69, 9.17) is 4.74 Å². The van der Waals surface area contributed by atoms with Crippen LogP contribution in [0.2, 0.25) is 0 Å². The molecule has 3 atom stereocenters. The molecular weight excluding hydrogens is 593 g/mol. The summed E-state index contributed by atoms with van der Waals surface area (Å²) in [7, 11) is 1.07. The summed E-state index contributed by atoms with van der Waals surface area (Å²) in [5.41, 5.74) is -0.223. The van der Waals surface area contributed by atoms with Crippen molar-refractivity contribution in [3.8, 4) is 0 Å². The maximum atomic E-state index is 13.8. The largest absolute Gasteiger partial charge is 0.467 e. The van der Waals surface area contributed by atoms with Gasteiger partial charge in [-0.2, -0.15) is 0 Å². The average Bonchev–Trinajstić information content (AvgIpc) is 2.90. The first kappa shape index (κ1) is 35.8. The molecular formula is C30H34F5N3O6. The van der Waals surface area contributed by atoms with E-state index in [2.05, 4.69) is 5.32 Å². The minimum atomic E-state index is -1.69. The van der Waals surface area contributed by atoms with Gasteiger partial charge in [-0.15, -0.1) is 0 Å². The van der Waals surface area contributed by atoms with Gasteiger partial charge in [0.2, 0.25) is 17.7 Å². The van der Waals surface area contributed by atoms with Gasteiger partial charge in [0.15, 0.2) is 0 Å². The number of hydrogen-bond donors (Lipinski definition) is 1. The number of rotatable bonds is 13. The van der Waals surface area contributed by atoms with Gasteiger partial charge in [0.05, 0.1) is 26.5 Å². The summed E-state index contributed by atoms with van der Waals surface area (Å²) < 4.78 is 73.1. The van der Waals surface area contributed by atoms with E-state index in [0.717, 1.165) is 43.2 Å². The van der Waals surface area contributed by atoms with Crippen LogP contribution in [-0.4, -0.2) is 77.9 Å². The summed E-state index contributed by atoms with van der Waals surface area (Å²) in [6.45, 7) is 3.77. The predicted octanol–water partition coefficient (Wildman–Crippen LogP) is 3.27. The fraction of sp³-hybridized carbons (Fsp3) is 0.433. The highest BCUT2D eigenvalue weighted by atomic mass is 19.1. The van der Waals surface area contributed by atoms with Crippen molar-refractivity contribution < 1.29 is 50.7 Å². The van der Waals surface area contributed by atoms with Crippen LogP contribution >= 0.6 is 0 Å². The highest BCUT2D eigenvalue weighted by Crippen LogP contribution is 2.19. The Morgan fingerprint density at radius 1 is 0.773 bits per heavy atom. The second kappa shape index (κ2) is 15.9. The van der Waals surface area contributed by atoms with E-state index in [0.29, 0.717) is 17.0 Å². The Kier molecular flexibility index (Phi) is 13.0. The molecule has 0 aliphatic rings. The fourth-order valence-corrected chi connectivity index (χ4v) is 4.67. The molecule has 2 rings (SSSR count). The van der Waals surface area contributed by atoms with Gasteiger partial charge in [0.25, 0.3) is 5.91 Å². The summed E-state index contributed by atoms with van der Waals surface area (Å²) in [4.78, 5) is 67.2. The summed E-state index contributed by atoms with van der Waals surface area (Å²) in [6.07, 6.45) is -1.30. The van der Waals surface area contributed by atoms with Gasteiger partial charge in [-0.25, -0.2) is 26.7 Å². The third-order valence-electron chi connectivity index (χ3n) is 6.58. The highest BCUT2D eigenvalue weighted by Gasteiger charge is 2.41. The minimum absolute atomic E-state index is 0.0475. The first-order valence-electron chi connectivity index (χ1n) is 13.6. The number of alkyl halides is 1. The molecule has 0 aromatic heterocycles. The van der Waals surface area contributed by atoms with Crippen LogP contribution in [0.5, 0.6) is 0 Å². The number of imide groups is 1. The van der Waals surface area contributed by atoms with Crippen molar-refractivity contribution in [2.45, 2.75) is 58.7 Å². The molecule has 0 fully saturated rings. The van der Waals surface area contributed by atoms with Crippen LogP contribution in [-0.2, 0) is 41.6 Å². The van der Waals surface area contributed by atoms with Crippen LogP contribution in [0.25, 0.3) is 0 Å². The Morgan fingerprint density at radius 3 is 1.68 bits per heavy atom. The number of benzene rings is 2. The number of carbonyl (C=O) groups excluding carboxylic acids is 5. The van der Waals surface area contributed by atoms with Crippen LogP contribution in [0.1, 0.15) is 38.8 Å². The maximum Gasteiger partial charge on any atom is 0.328 e. The van der Waals surface area contributed by atoms with Gasteiger partial charge in [0, 0.05) is 12.1 Å². The molecule has 0 saturated carbocycles. The molecule has 0 saturated heterocycles. The Hall–Kier alpha value is -4.36. The zero-order valence-electron chi connectivity index (χ0n) is 24.8. The van der Waals surface area contributed by atoms with Crippen LogP contribution in [0.4, 0.5) is 22.0 Å². The van der Waals surface area contributed by atoms with Gasteiger partial charge in [-0.3, -0.25) is 24.1 Å². The molecule has 0 heterocycles. The molecule has 0 unspecified atom stereocenters. The van der Waals surface area contributed by atoms with E-state index in [9.17, 15) is 45.9 Å². The maximum absolute atomic E-state index is 13.8. The van der Waals surface area contributed by atoms with Crippen LogP contribution in [0.15, 0.2) is 36.4 Å². The molecule has 4 amide bonds. The quantitative estimate of drug-likeness (QED) is 0.270. The van der Waals surface area contributed by atoms with Crippen molar-refractivity contribution in [2.75, 3.05) is 20.3 Å². The molecule has 2 aromatic carbocycles. The van der Waals surface area contributed by atoms with Crippen molar-refractivity contribution in [3.63, 3.8) is 0 Å². The van der Waals surface area contributed by atoms with Crippen molar-refractivity contribution >= 4 is 29.6 Å². The zero-order chi connectivity index (χ0) is 33.3. The fourth-order valence-electron chi connectivity index (χ4n) is 4.67. The van der Waals surface area contributed by atoms with Crippen molar-refractivity contribution in [3.05, 3.63) is 70.8 Å². The second-order valence-corrected chi connectivity index (χ2v) is 10.4. The van der Waals surface area contributed by atoms with E-state index in [1.54, 1.807) is 13.8 Å². The average molecular weight is 628 g/mol. The van der Waals surface area contributed by atoms with Crippen molar-refractivity contribution in [1.82, 2.24) is 15.1 Å². The summed E-state index contributed by atoms with van der Waals surface area (Å²) in [5.74, 6) is -9.44. The standard InChI is InChI=1S/C30H34F5N3O6/c1-16(2)27(30(43)44-5)37(7-6-31)29(42)18(4)38(26(40)13-20-10-23(34)15-24(35)11-20)28(41)17(3)36-25(39)12-19-8-21(32)14-22(33)9-19/h8-11,14-18,27H,6-7,12-13H2,1-5H3,(H,36,39)/t17-,18-,27-/m0/s1. The number of nitrogens with zero attached hydrogens (tertiary/aromatic N) is 2. The summed E-state index contributed by atoms with van der Waals surface area (Å²) >= 11 is 0. The Balaban J connectivity index is 2.44. The first-order chi connectivity index (χ1) is 20.6. The molecule has 9 nitrogen and oxygen atoms in total. The van der Waals surface area contributed by atoms with E-state index >= 15 is 0 Å². The summed E-state index contributed by atoms with van der Waals surface area (Å²) in [6, 6.07) is 0.212. The van der Waals surface area contributed by atoms with Crippen LogP contribution < -0.4 is 5.32 Å².